The van der Waals surface area contributed by atoms with E-state index in [2.05, 4.69) is 5.32 Å². The van der Waals surface area contributed by atoms with Crippen molar-refractivity contribution in [1.82, 2.24) is 0 Å². The van der Waals surface area contributed by atoms with Crippen LogP contribution in [0.1, 0.15) is 5.56 Å². The summed E-state index contributed by atoms with van der Waals surface area (Å²) in [5, 5.41) is 11.6. The summed E-state index contributed by atoms with van der Waals surface area (Å²) in [6.07, 6.45) is 0. The monoisotopic (exact) mass is 271 g/mol. The smallest absolute Gasteiger partial charge is 0.260 e. The molecular formula is C13H9N3O4. The molecule has 2 heterocycles. The van der Waals surface area contributed by atoms with Crippen molar-refractivity contribution in [2.24, 2.45) is 5.73 Å². The van der Waals surface area contributed by atoms with E-state index in [-0.39, 0.29) is 11.1 Å². The first-order chi connectivity index (χ1) is 9.61. The maximum Gasteiger partial charge on any atom is 0.260 e. The second kappa shape index (κ2) is 4.28. The zero-order valence-corrected chi connectivity index (χ0v) is 10.2. The van der Waals surface area contributed by atoms with Crippen LogP contribution in [0.4, 0.5) is 5.69 Å². The Kier molecular flexibility index (Phi) is 2.57. The van der Waals surface area contributed by atoms with Crippen LogP contribution in [0.25, 0.3) is 5.57 Å². The van der Waals surface area contributed by atoms with Crippen molar-refractivity contribution in [2.75, 3.05) is 18.5 Å². The van der Waals surface area contributed by atoms with E-state index in [0.29, 0.717) is 36.0 Å². The Morgan fingerprint density at radius 1 is 1.30 bits per heavy atom. The zero-order valence-electron chi connectivity index (χ0n) is 10.2. The summed E-state index contributed by atoms with van der Waals surface area (Å²) in [5.74, 6) is -0.516. The second-order valence-electron chi connectivity index (χ2n) is 4.22. The average molecular weight is 271 g/mol. The second-order valence-corrected chi connectivity index (χ2v) is 4.22. The molecule has 100 valence electrons. The molecular weight excluding hydrogens is 262 g/mol. The normalized spacial score (nSPS) is 17.9. The van der Waals surface area contributed by atoms with Crippen LogP contribution in [0, 0.1) is 11.3 Å². The molecule has 0 aromatic heterocycles. The molecule has 0 spiro atoms. The number of ether oxygens (including phenoxy) is 2. The lowest BCUT2D eigenvalue weighted by atomic mass is 10.0. The van der Waals surface area contributed by atoms with Crippen molar-refractivity contribution in [3.05, 3.63) is 23.3 Å². The minimum absolute atomic E-state index is 0.0352. The number of amides is 2. The Bertz CT molecular complexity index is 715. The lowest BCUT2D eigenvalue weighted by Crippen LogP contribution is -2.17. The van der Waals surface area contributed by atoms with Crippen LogP contribution >= 0.6 is 0 Å². The van der Waals surface area contributed by atoms with Gasteiger partial charge in [0.1, 0.15) is 24.9 Å². The molecule has 7 nitrogen and oxygen atoms in total. The van der Waals surface area contributed by atoms with Gasteiger partial charge in [0.2, 0.25) is 0 Å². The van der Waals surface area contributed by atoms with Gasteiger partial charge in [0.15, 0.2) is 11.5 Å². The molecule has 0 fully saturated rings. The molecule has 3 rings (SSSR count). The summed E-state index contributed by atoms with van der Waals surface area (Å²) in [6.45, 7) is 0.820. The number of carbonyl (C=O) groups excluding carboxylic acids is 2. The first-order valence-electron chi connectivity index (χ1n) is 5.81. The number of nitrogens with zero attached hydrogens (tertiary/aromatic N) is 1. The van der Waals surface area contributed by atoms with Gasteiger partial charge in [-0.15, -0.1) is 0 Å². The number of benzene rings is 1. The van der Waals surface area contributed by atoms with E-state index in [1.165, 1.54) is 0 Å². The maximum atomic E-state index is 11.9. The Morgan fingerprint density at radius 2 is 1.95 bits per heavy atom. The van der Waals surface area contributed by atoms with E-state index in [0.717, 1.165) is 0 Å². The molecule has 0 radical (unpaired) electrons. The van der Waals surface area contributed by atoms with Crippen LogP contribution in [0.5, 0.6) is 11.5 Å². The summed E-state index contributed by atoms with van der Waals surface area (Å²) >= 11 is 0. The molecule has 0 saturated carbocycles. The maximum absolute atomic E-state index is 11.9. The van der Waals surface area contributed by atoms with Gasteiger partial charge in [-0.3, -0.25) is 9.59 Å². The third-order valence-corrected chi connectivity index (χ3v) is 3.04. The van der Waals surface area contributed by atoms with Gasteiger partial charge in [-0.2, -0.15) is 5.26 Å². The molecule has 7 heteroatoms. The van der Waals surface area contributed by atoms with Crippen molar-refractivity contribution in [2.45, 2.75) is 0 Å². The molecule has 0 bridgehead atoms. The molecule has 1 aromatic rings. The molecule has 3 N–H and O–H groups in total. The predicted molar refractivity (Wildman–Crippen MR) is 67.8 cm³/mol. The number of hydrogen-bond acceptors (Lipinski definition) is 5. The molecule has 2 amide bonds. The Hall–Kier alpha value is -3.01. The van der Waals surface area contributed by atoms with Crippen LogP contribution in [0.2, 0.25) is 0 Å². The van der Waals surface area contributed by atoms with Gasteiger partial charge in [0.25, 0.3) is 11.8 Å². The number of fused-ring (bicyclic) bond motifs is 2. The third-order valence-electron chi connectivity index (χ3n) is 3.04. The van der Waals surface area contributed by atoms with E-state index < -0.39 is 11.8 Å². The Morgan fingerprint density at radius 3 is 2.55 bits per heavy atom. The molecule has 1 aromatic carbocycles. The third kappa shape index (κ3) is 1.66. The van der Waals surface area contributed by atoms with Crippen molar-refractivity contribution in [3.8, 4) is 17.6 Å². The summed E-state index contributed by atoms with van der Waals surface area (Å²) in [4.78, 5) is 23.2. The zero-order chi connectivity index (χ0) is 14.3. The minimum atomic E-state index is -0.944. The number of nitriles is 1. The Balaban J connectivity index is 2.23. The number of nitrogens with two attached hydrogens (primary N) is 1. The van der Waals surface area contributed by atoms with E-state index in [1.807, 2.05) is 0 Å². The molecule has 2 aliphatic rings. The van der Waals surface area contributed by atoms with E-state index in [9.17, 15) is 9.59 Å². The van der Waals surface area contributed by atoms with Crippen LogP contribution < -0.4 is 20.5 Å². The number of nitrogens with one attached hydrogen (secondary N) is 1. The Labute approximate surface area is 113 Å². The SMILES string of the molecule is N#C/C(C(N)=O)=C1/C(=O)Nc2cc3c(cc21)OCCO3. The van der Waals surface area contributed by atoms with Gasteiger partial charge >= 0.3 is 0 Å². The largest absolute Gasteiger partial charge is 0.486 e. The predicted octanol–water partition coefficient (Wildman–Crippen LogP) is 0.172. The molecule has 0 atom stereocenters. The van der Waals surface area contributed by atoms with Gasteiger partial charge in [0.05, 0.1) is 11.3 Å². The molecule has 0 unspecified atom stereocenters. The number of carbonyl (C=O) groups is 2. The quantitative estimate of drug-likeness (QED) is 0.558. The highest BCUT2D eigenvalue weighted by Gasteiger charge is 2.32. The molecule has 20 heavy (non-hydrogen) atoms. The fourth-order valence-electron chi connectivity index (χ4n) is 2.19. The minimum Gasteiger partial charge on any atom is -0.486 e. The van der Waals surface area contributed by atoms with Crippen molar-refractivity contribution < 1.29 is 19.1 Å². The highest BCUT2D eigenvalue weighted by molar-refractivity contribution is 6.36. The standard InChI is InChI=1S/C13H9N3O4/c14-5-7(12(15)17)11-6-3-9-10(20-2-1-19-9)4-8(6)16-13(11)18/h3-4H,1-2H2,(H2,15,17)(H,16,18)/b11-7-. The van der Waals surface area contributed by atoms with Crippen LogP contribution in [0.3, 0.4) is 0 Å². The van der Waals surface area contributed by atoms with Gasteiger partial charge in [0, 0.05) is 11.6 Å². The molecule has 2 aliphatic heterocycles. The summed E-state index contributed by atoms with van der Waals surface area (Å²) in [7, 11) is 0. The highest BCUT2D eigenvalue weighted by atomic mass is 16.6. The van der Waals surface area contributed by atoms with E-state index in [4.69, 9.17) is 20.5 Å². The van der Waals surface area contributed by atoms with Crippen LogP contribution in [0.15, 0.2) is 17.7 Å². The fourth-order valence-corrected chi connectivity index (χ4v) is 2.19. The first-order valence-corrected chi connectivity index (χ1v) is 5.81. The number of hydrogen-bond donors (Lipinski definition) is 2. The molecule has 0 saturated heterocycles. The van der Waals surface area contributed by atoms with Gasteiger partial charge in [-0.1, -0.05) is 0 Å². The summed E-state index contributed by atoms with van der Waals surface area (Å²) in [5.41, 5.74) is 5.59. The lowest BCUT2D eigenvalue weighted by Gasteiger charge is -2.19. The number of anilines is 1. The fraction of sp³-hybridized carbons (Fsp3) is 0.154. The molecule has 0 aliphatic carbocycles. The van der Waals surface area contributed by atoms with Crippen molar-refractivity contribution >= 4 is 23.1 Å². The van der Waals surface area contributed by atoms with Gasteiger partial charge in [-0.05, 0) is 6.07 Å². The van der Waals surface area contributed by atoms with Crippen LogP contribution in [-0.4, -0.2) is 25.0 Å². The summed E-state index contributed by atoms with van der Waals surface area (Å²) < 4.78 is 10.8. The number of rotatable bonds is 1. The van der Waals surface area contributed by atoms with Crippen LogP contribution in [-0.2, 0) is 9.59 Å². The van der Waals surface area contributed by atoms with Crippen molar-refractivity contribution in [3.63, 3.8) is 0 Å². The van der Waals surface area contributed by atoms with E-state index in [1.54, 1.807) is 18.2 Å². The average Bonchev–Trinajstić information content (AvgIpc) is 2.73. The summed E-state index contributed by atoms with van der Waals surface area (Å²) in [6, 6.07) is 4.84. The van der Waals surface area contributed by atoms with Gasteiger partial charge in [-0.25, -0.2) is 0 Å². The highest BCUT2D eigenvalue weighted by Crippen LogP contribution is 2.42. The first kappa shape index (κ1) is 12.0. The lowest BCUT2D eigenvalue weighted by molar-refractivity contribution is -0.115. The van der Waals surface area contributed by atoms with Crippen molar-refractivity contribution in [1.29, 1.82) is 5.26 Å². The van der Waals surface area contributed by atoms with E-state index >= 15 is 0 Å². The number of primary amides is 1. The van der Waals surface area contributed by atoms with Gasteiger partial charge < -0.3 is 20.5 Å². The topological polar surface area (TPSA) is 114 Å².